The molecular formula is C35H39FO3. The number of halogens is 1. The molecule has 0 heterocycles. The van der Waals surface area contributed by atoms with Crippen LogP contribution >= 0.6 is 0 Å². The summed E-state index contributed by atoms with van der Waals surface area (Å²) in [7, 11) is 1.70. The Balaban J connectivity index is 1.81. The predicted octanol–water partition coefficient (Wildman–Crippen LogP) is 9.32. The lowest BCUT2D eigenvalue weighted by molar-refractivity contribution is 0.0696. The van der Waals surface area contributed by atoms with Crippen molar-refractivity contribution in [2.24, 2.45) is 0 Å². The SMILES string of the molecule is CC/C(=C/c1ccc(C2=C(c3cccc(OC)c3C)CCCc3cc(C(=O)O)ccc32)cc1)CCCCCF. The number of alkyl halides is 1. The van der Waals surface area contributed by atoms with Gasteiger partial charge in [-0.25, -0.2) is 4.79 Å². The number of carbonyl (C=O) groups is 1. The molecule has 0 saturated carbocycles. The fourth-order valence-corrected chi connectivity index (χ4v) is 5.64. The normalized spacial score (nSPS) is 13.7. The third-order valence-corrected chi connectivity index (χ3v) is 7.78. The van der Waals surface area contributed by atoms with Gasteiger partial charge in [0, 0.05) is 0 Å². The van der Waals surface area contributed by atoms with Gasteiger partial charge < -0.3 is 9.84 Å². The lowest BCUT2D eigenvalue weighted by Crippen LogP contribution is -2.02. The lowest BCUT2D eigenvalue weighted by atomic mass is 9.85. The zero-order chi connectivity index (χ0) is 27.8. The Labute approximate surface area is 232 Å². The van der Waals surface area contributed by atoms with Gasteiger partial charge in [-0.3, -0.25) is 4.39 Å². The second kappa shape index (κ2) is 13.4. The van der Waals surface area contributed by atoms with E-state index in [2.05, 4.69) is 50.3 Å². The van der Waals surface area contributed by atoms with Crippen LogP contribution in [0.2, 0.25) is 0 Å². The van der Waals surface area contributed by atoms with E-state index in [-0.39, 0.29) is 6.67 Å². The standard InChI is InChI=1S/C35H39FO3/c1-4-25(10-6-5-7-21-36)22-26-15-17-27(18-16-26)34-31-20-19-29(35(37)38)23-28(31)11-8-13-32(34)30-12-9-14-33(39-3)24(30)2/h9,12,14-20,22-23H,4-8,10-11,13,21H2,1-3H3,(H,37,38)/b25-22-. The van der Waals surface area contributed by atoms with Crippen LogP contribution in [0.5, 0.6) is 5.75 Å². The van der Waals surface area contributed by atoms with Crippen LogP contribution in [-0.2, 0) is 6.42 Å². The van der Waals surface area contributed by atoms with E-state index in [1.165, 1.54) is 16.7 Å². The van der Waals surface area contributed by atoms with E-state index in [0.717, 1.165) is 84.1 Å². The summed E-state index contributed by atoms with van der Waals surface area (Å²) in [5, 5.41) is 9.62. The highest BCUT2D eigenvalue weighted by Crippen LogP contribution is 2.42. The summed E-state index contributed by atoms with van der Waals surface area (Å²) in [5.74, 6) is -0.0341. The van der Waals surface area contributed by atoms with Gasteiger partial charge >= 0.3 is 5.97 Å². The summed E-state index contributed by atoms with van der Waals surface area (Å²) in [4.78, 5) is 11.7. The number of aryl methyl sites for hydroxylation is 1. The third-order valence-electron chi connectivity index (χ3n) is 7.78. The average Bonchev–Trinajstić information content (AvgIpc) is 3.14. The molecule has 0 unspecified atom stereocenters. The first-order valence-electron chi connectivity index (χ1n) is 14.1. The topological polar surface area (TPSA) is 46.5 Å². The molecule has 0 amide bonds. The Morgan fingerprint density at radius 2 is 1.79 bits per heavy atom. The molecule has 0 aromatic heterocycles. The molecule has 0 aliphatic heterocycles. The highest BCUT2D eigenvalue weighted by molar-refractivity contribution is 6.01. The van der Waals surface area contributed by atoms with E-state index in [1.54, 1.807) is 13.2 Å². The van der Waals surface area contributed by atoms with Gasteiger partial charge in [-0.15, -0.1) is 0 Å². The fraction of sp³-hybridized carbons (Fsp3) is 0.343. The Bertz CT molecular complexity index is 1370. The van der Waals surface area contributed by atoms with Crippen LogP contribution in [0.25, 0.3) is 17.2 Å². The van der Waals surface area contributed by atoms with Gasteiger partial charge in [0.15, 0.2) is 0 Å². The van der Waals surface area contributed by atoms with Crippen LogP contribution in [-0.4, -0.2) is 24.9 Å². The highest BCUT2D eigenvalue weighted by atomic mass is 19.1. The number of hydrogen-bond acceptors (Lipinski definition) is 2. The molecule has 1 aliphatic carbocycles. The first kappa shape index (κ1) is 28.4. The molecule has 4 rings (SSSR count). The molecule has 1 aliphatic rings. The molecule has 0 fully saturated rings. The van der Waals surface area contributed by atoms with Gasteiger partial charge in [-0.05, 0) is 115 Å². The van der Waals surface area contributed by atoms with Crippen LogP contribution in [0.1, 0.15) is 95.6 Å². The minimum absolute atomic E-state index is 0.236. The van der Waals surface area contributed by atoms with E-state index >= 15 is 0 Å². The van der Waals surface area contributed by atoms with Crippen LogP contribution in [0.15, 0.2) is 66.2 Å². The number of methoxy groups -OCH3 is 1. The summed E-state index contributed by atoms with van der Waals surface area (Å²) < 4.78 is 18.1. The maximum Gasteiger partial charge on any atom is 0.335 e. The largest absolute Gasteiger partial charge is 0.496 e. The number of hydrogen-bond donors (Lipinski definition) is 1. The monoisotopic (exact) mass is 526 g/mol. The van der Waals surface area contributed by atoms with E-state index < -0.39 is 5.97 Å². The Hall–Kier alpha value is -3.66. The number of ether oxygens (including phenoxy) is 1. The van der Waals surface area contributed by atoms with Gasteiger partial charge in [-0.1, -0.05) is 67.5 Å². The van der Waals surface area contributed by atoms with Gasteiger partial charge in [-0.2, -0.15) is 0 Å². The number of rotatable bonds is 11. The third kappa shape index (κ3) is 6.68. The summed E-state index contributed by atoms with van der Waals surface area (Å²) in [6, 6.07) is 20.5. The van der Waals surface area contributed by atoms with Crippen molar-refractivity contribution in [3.05, 3.63) is 105 Å². The minimum Gasteiger partial charge on any atom is -0.496 e. The Morgan fingerprint density at radius 1 is 1.00 bits per heavy atom. The maximum absolute atomic E-state index is 12.5. The van der Waals surface area contributed by atoms with Gasteiger partial charge in [0.05, 0.1) is 19.3 Å². The van der Waals surface area contributed by atoms with Crippen molar-refractivity contribution in [1.82, 2.24) is 0 Å². The van der Waals surface area contributed by atoms with Crippen LogP contribution in [0.4, 0.5) is 4.39 Å². The number of fused-ring (bicyclic) bond motifs is 1. The summed E-state index contributed by atoms with van der Waals surface area (Å²) in [6.45, 7) is 4.04. The maximum atomic E-state index is 12.5. The molecule has 3 nitrogen and oxygen atoms in total. The molecule has 0 spiro atoms. The molecular weight excluding hydrogens is 487 g/mol. The predicted molar refractivity (Wildman–Crippen MR) is 159 cm³/mol. The second-order valence-corrected chi connectivity index (χ2v) is 10.3. The molecule has 0 bridgehead atoms. The van der Waals surface area contributed by atoms with Gasteiger partial charge in [0.1, 0.15) is 5.75 Å². The summed E-state index contributed by atoms with van der Waals surface area (Å²) in [5.41, 5.74) is 10.9. The van der Waals surface area contributed by atoms with Gasteiger partial charge in [0.25, 0.3) is 0 Å². The van der Waals surface area contributed by atoms with E-state index in [9.17, 15) is 14.3 Å². The van der Waals surface area contributed by atoms with E-state index in [1.807, 2.05) is 24.3 Å². The summed E-state index contributed by atoms with van der Waals surface area (Å²) in [6.07, 6.45) is 9.50. The minimum atomic E-state index is -0.899. The Morgan fingerprint density at radius 3 is 2.49 bits per heavy atom. The van der Waals surface area contributed by atoms with Gasteiger partial charge in [0.2, 0.25) is 0 Å². The quantitative estimate of drug-likeness (QED) is 0.253. The molecule has 204 valence electrons. The first-order valence-corrected chi connectivity index (χ1v) is 14.1. The number of carboxylic acids is 1. The first-order chi connectivity index (χ1) is 19.0. The number of allylic oxidation sites excluding steroid dienone is 2. The highest BCUT2D eigenvalue weighted by Gasteiger charge is 2.23. The molecule has 3 aromatic rings. The van der Waals surface area contributed by atoms with Crippen molar-refractivity contribution in [3.63, 3.8) is 0 Å². The number of benzene rings is 3. The fourth-order valence-electron chi connectivity index (χ4n) is 5.64. The van der Waals surface area contributed by atoms with Crippen LogP contribution in [0.3, 0.4) is 0 Å². The molecule has 0 atom stereocenters. The van der Waals surface area contributed by atoms with E-state index in [4.69, 9.17) is 4.74 Å². The number of carboxylic acid groups (broad SMARTS) is 1. The van der Waals surface area contributed by atoms with Crippen molar-refractivity contribution >= 4 is 23.2 Å². The smallest absolute Gasteiger partial charge is 0.335 e. The summed E-state index contributed by atoms with van der Waals surface area (Å²) >= 11 is 0. The molecule has 4 heteroatoms. The van der Waals surface area contributed by atoms with E-state index in [0.29, 0.717) is 12.0 Å². The van der Waals surface area contributed by atoms with Crippen LogP contribution < -0.4 is 4.74 Å². The van der Waals surface area contributed by atoms with Crippen molar-refractivity contribution in [2.75, 3.05) is 13.8 Å². The molecule has 1 N–H and O–H groups in total. The average molecular weight is 527 g/mol. The Kier molecular flexibility index (Phi) is 9.75. The number of aromatic carboxylic acids is 1. The van der Waals surface area contributed by atoms with Crippen molar-refractivity contribution in [2.45, 2.75) is 65.2 Å². The van der Waals surface area contributed by atoms with Crippen LogP contribution in [0, 0.1) is 6.92 Å². The molecule has 0 radical (unpaired) electrons. The lowest BCUT2D eigenvalue weighted by Gasteiger charge is -2.19. The van der Waals surface area contributed by atoms with Crippen molar-refractivity contribution in [3.8, 4) is 5.75 Å². The molecule has 39 heavy (non-hydrogen) atoms. The molecule has 3 aromatic carbocycles. The molecule has 0 saturated heterocycles. The zero-order valence-corrected chi connectivity index (χ0v) is 23.4. The van der Waals surface area contributed by atoms with Crippen molar-refractivity contribution < 1.29 is 19.0 Å². The van der Waals surface area contributed by atoms with Crippen molar-refractivity contribution in [1.29, 1.82) is 0 Å². The zero-order valence-electron chi connectivity index (χ0n) is 23.4. The number of unbranched alkanes of at least 4 members (excludes halogenated alkanes) is 2. The second-order valence-electron chi connectivity index (χ2n) is 10.3.